The van der Waals surface area contributed by atoms with Crippen LogP contribution in [0.3, 0.4) is 0 Å². The molecule has 0 aliphatic heterocycles. The van der Waals surface area contributed by atoms with E-state index in [9.17, 15) is 12.8 Å². The molecule has 0 fully saturated rings. The topological polar surface area (TPSA) is 46.2 Å². The van der Waals surface area contributed by atoms with Crippen molar-refractivity contribution < 1.29 is 12.8 Å². The van der Waals surface area contributed by atoms with Gasteiger partial charge in [0, 0.05) is 12.6 Å². The van der Waals surface area contributed by atoms with Crippen LogP contribution < -0.4 is 5.32 Å². The van der Waals surface area contributed by atoms with Crippen LogP contribution in [0.4, 0.5) is 4.39 Å². The van der Waals surface area contributed by atoms with Crippen molar-refractivity contribution in [3.8, 4) is 0 Å². The molecule has 0 heterocycles. The molecule has 120 valence electrons. The first-order chi connectivity index (χ1) is 9.72. The van der Waals surface area contributed by atoms with Gasteiger partial charge < -0.3 is 5.32 Å². The van der Waals surface area contributed by atoms with E-state index in [1.807, 2.05) is 19.9 Å². The van der Waals surface area contributed by atoms with Crippen LogP contribution in [0.25, 0.3) is 0 Å². The summed E-state index contributed by atoms with van der Waals surface area (Å²) in [5.41, 5.74) is 0.849. The maximum atomic E-state index is 13.4. The van der Waals surface area contributed by atoms with E-state index >= 15 is 0 Å². The van der Waals surface area contributed by atoms with Gasteiger partial charge in [-0.25, -0.2) is 12.8 Å². The van der Waals surface area contributed by atoms with Crippen LogP contribution in [-0.4, -0.2) is 32.0 Å². The molecule has 0 saturated carbocycles. The van der Waals surface area contributed by atoms with Crippen LogP contribution in [0.1, 0.15) is 45.6 Å². The zero-order valence-corrected chi connectivity index (χ0v) is 14.1. The summed E-state index contributed by atoms with van der Waals surface area (Å²) in [5.74, 6) is -0.156. The summed E-state index contributed by atoms with van der Waals surface area (Å²) in [5, 5.41) is 2.94. The number of hydrogen-bond acceptors (Lipinski definition) is 3. The Kier molecular flexibility index (Phi) is 6.81. The number of nitrogens with one attached hydrogen (secondary N) is 1. The van der Waals surface area contributed by atoms with Gasteiger partial charge in [0.2, 0.25) is 0 Å². The molecule has 1 aromatic rings. The fourth-order valence-corrected chi connectivity index (χ4v) is 3.15. The molecule has 0 aliphatic rings. The summed E-state index contributed by atoms with van der Waals surface area (Å²) >= 11 is 0. The van der Waals surface area contributed by atoms with Gasteiger partial charge in [-0.05, 0) is 43.9 Å². The first-order valence-corrected chi connectivity index (χ1v) is 9.14. The number of hydrogen-bond donors (Lipinski definition) is 1. The zero-order valence-electron chi connectivity index (χ0n) is 13.3. The van der Waals surface area contributed by atoms with Crippen LogP contribution in [0.2, 0.25) is 0 Å². The summed E-state index contributed by atoms with van der Waals surface area (Å²) in [7, 11) is -3.07. The van der Waals surface area contributed by atoms with Gasteiger partial charge in [0.25, 0.3) is 0 Å². The van der Waals surface area contributed by atoms with Gasteiger partial charge in [-0.15, -0.1) is 0 Å². The summed E-state index contributed by atoms with van der Waals surface area (Å²) in [6.07, 6.45) is 0.504. The highest BCUT2D eigenvalue weighted by molar-refractivity contribution is 7.91. The zero-order chi connectivity index (χ0) is 16.0. The quantitative estimate of drug-likeness (QED) is 0.802. The van der Waals surface area contributed by atoms with Gasteiger partial charge in [0.05, 0.1) is 11.0 Å². The van der Waals surface area contributed by atoms with Gasteiger partial charge in [-0.2, -0.15) is 0 Å². The Morgan fingerprint density at radius 3 is 2.38 bits per heavy atom. The van der Waals surface area contributed by atoms with Crippen molar-refractivity contribution in [2.45, 2.75) is 51.3 Å². The van der Waals surface area contributed by atoms with E-state index in [4.69, 9.17) is 0 Å². The fraction of sp³-hybridized carbons (Fsp3) is 0.625. The second-order valence-corrected chi connectivity index (χ2v) is 8.70. The largest absolute Gasteiger partial charge is 0.314 e. The number of halogens is 1. The maximum absolute atomic E-state index is 13.4. The van der Waals surface area contributed by atoms with Crippen molar-refractivity contribution in [2.75, 3.05) is 12.3 Å². The molecule has 0 saturated heterocycles. The summed E-state index contributed by atoms with van der Waals surface area (Å²) in [4.78, 5) is 0. The predicted molar refractivity (Wildman–Crippen MR) is 85.8 cm³/mol. The first-order valence-electron chi connectivity index (χ1n) is 7.42. The van der Waals surface area contributed by atoms with Crippen molar-refractivity contribution in [1.82, 2.24) is 5.32 Å². The molecule has 0 aromatic heterocycles. The van der Waals surface area contributed by atoms with E-state index in [2.05, 4.69) is 5.32 Å². The molecule has 1 unspecified atom stereocenters. The van der Waals surface area contributed by atoms with E-state index in [0.717, 1.165) is 5.56 Å². The standard InChI is InChI=1S/C16H26FNO2S/c1-12(2)18-11-15(8-9-21(19,20)13(3)4)14-6-5-7-16(17)10-14/h5-7,10,12-13,15,18H,8-9,11H2,1-4H3. The Labute approximate surface area is 127 Å². The molecule has 1 atom stereocenters. The molecule has 1 rings (SSSR count). The van der Waals surface area contributed by atoms with E-state index in [0.29, 0.717) is 19.0 Å². The Hall–Kier alpha value is -0.940. The maximum Gasteiger partial charge on any atom is 0.152 e. The van der Waals surface area contributed by atoms with Crippen LogP contribution in [0.5, 0.6) is 0 Å². The third-order valence-electron chi connectivity index (χ3n) is 3.56. The molecular weight excluding hydrogens is 289 g/mol. The summed E-state index contributed by atoms with van der Waals surface area (Å²) in [6.45, 7) is 8.10. The monoisotopic (exact) mass is 315 g/mol. The summed E-state index contributed by atoms with van der Waals surface area (Å²) < 4.78 is 37.3. The summed E-state index contributed by atoms with van der Waals surface area (Å²) in [6, 6.07) is 6.74. The lowest BCUT2D eigenvalue weighted by Crippen LogP contribution is -2.29. The molecular formula is C16H26FNO2S. The smallest absolute Gasteiger partial charge is 0.152 e. The normalized spacial score (nSPS) is 13.9. The minimum absolute atomic E-state index is 0.00313. The number of benzene rings is 1. The van der Waals surface area contributed by atoms with E-state index in [1.165, 1.54) is 12.1 Å². The van der Waals surface area contributed by atoms with Gasteiger partial charge in [-0.1, -0.05) is 26.0 Å². The Morgan fingerprint density at radius 1 is 1.19 bits per heavy atom. The second-order valence-electron chi connectivity index (χ2n) is 6.02. The molecule has 1 aromatic carbocycles. The second kappa shape index (κ2) is 7.90. The van der Waals surface area contributed by atoms with Gasteiger partial charge >= 0.3 is 0 Å². The highest BCUT2D eigenvalue weighted by atomic mass is 32.2. The third kappa shape index (κ3) is 6.14. The van der Waals surface area contributed by atoms with Gasteiger partial charge in [-0.3, -0.25) is 0 Å². The van der Waals surface area contributed by atoms with Crippen molar-refractivity contribution in [3.63, 3.8) is 0 Å². The highest BCUT2D eigenvalue weighted by Crippen LogP contribution is 2.22. The van der Waals surface area contributed by atoms with E-state index in [1.54, 1.807) is 19.9 Å². The minimum atomic E-state index is -3.07. The lowest BCUT2D eigenvalue weighted by molar-refractivity contribution is 0.513. The van der Waals surface area contributed by atoms with Crippen molar-refractivity contribution in [3.05, 3.63) is 35.6 Å². The average Bonchev–Trinajstić information content (AvgIpc) is 2.38. The SMILES string of the molecule is CC(C)NCC(CCS(=O)(=O)C(C)C)c1cccc(F)c1. The average molecular weight is 315 g/mol. The molecule has 0 bridgehead atoms. The highest BCUT2D eigenvalue weighted by Gasteiger charge is 2.20. The Morgan fingerprint density at radius 2 is 1.86 bits per heavy atom. The van der Waals surface area contributed by atoms with Gasteiger partial charge in [0.1, 0.15) is 5.82 Å². The Balaban J connectivity index is 2.83. The lowest BCUT2D eigenvalue weighted by Gasteiger charge is -2.20. The molecule has 0 spiro atoms. The van der Waals surface area contributed by atoms with Crippen LogP contribution in [0, 0.1) is 5.82 Å². The number of rotatable bonds is 8. The lowest BCUT2D eigenvalue weighted by atomic mass is 9.96. The predicted octanol–water partition coefficient (Wildman–Crippen LogP) is 3.12. The van der Waals surface area contributed by atoms with Crippen molar-refractivity contribution in [2.24, 2.45) is 0 Å². The molecule has 3 nitrogen and oxygen atoms in total. The molecule has 0 radical (unpaired) electrons. The minimum Gasteiger partial charge on any atom is -0.314 e. The van der Waals surface area contributed by atoms with Crippen LogP contribution in [0.15, 0.2) is 24.3 Å². The molecule has 1 N–H and O–H groups in total. The molecule has 5 heteroatoms. The van der Waals surface area contributed by atoms with E-state index < -0.39 is 9.84 Å². The molecule has 0 amide bonds. The van der Waals surface area contributed by atoms with Crippen LogP contribution in [-0.2, 0) is 9.84 Å². The Bertz CT molecular complexity index is 541. The fourth-order valence-electron chi connectivity index (χ4n) is 2.07. The number of sulfone groups is 1. The molecule has 21 heavy (non-hydrogen) atoms. The van der Waals surface area contributed by atoms with Crippen molar-refractivity contribution >= 4 is 9.84 Å². The molecule has 0 aliphatic carbocycles. The van der Waals surface area contributed by atoms with E-state index in [-0.39, 0.29) is 22.7 Å². The first kappa shape index (κ1) is 18.1. The van der Waals surface area contributed by atoms with Crippen LogP contribution >= 0.6 is 0 Å². The van der Waals surface area contributed by atoms with Crippen molar-refractivity contribution in [1.29, 1.82) is 0 Å². The van der Waals surface area contributed by atoms with Gasteiger partial charge in [0.15, 0.2) is 9.84 Å². The third-order valence-corrected chi connectivity index (χ3v) is 5.80.